The Hall–Kier alpha value is -1.00. The van der Waals surface area contributed by atoms with Gasteiger partial charge in [0.1, 0.15) is 5.75 Å². The fraction of sp³-hybridized carbons (Fsp3) is 0.462. The van der Waals surface area contributed by atoms with Crippen molar-refractivity contribution in [3.05, 3.63) is 24.3 Å². The number of rotatable bonds is 10. The molecule has 0 bridgehead atoms. The fourth-order valence-corrected chi connectivity index (χ4v) is 2.64. The third kappa shape index (κ3) is 9.67. The molecule has 0 aliphatic carbocycles. The predicted octanol–water partition coefficient (Wildman–Crippen LogP) is 0.203. The van der Waals surface area contributed by atoms with E-state index in [9.17, 15) is 13.2 Å². The predicted molar refractivity (Wildman–Crippen MR) is 94.8 cm³/mol. The normalized spacial score (nSPS) is 10.7. The van der Waals surface area contributed by atoms with Crippen molar-refractivity contribution in [2.45, 2.75) is 4.90 Å². The third-order valence-electron chi connectivity index (χ3n) is 2.58. The highest BCUT2D eigenvalue weighted by Gasteiger charge is 2.07. The minimum atomic E-state index is -3.68. The van der Waals surface area contributed by atoms with Crippen LogP contribution in [0.2, 0.25) is 0 Å². The van der Waals surface area contributed by atoms with E-state index in [0.717, 1.165) is 6.54 Å². The van der Waals surface area contributed by atoms with Crippen molar-refractivity contribution in [3.63, 3.8) is 0 Å². The number of hydrogen-bond donors (Lipinski definition) is 3. The third-order valence-corrected chi connectivity index (χ3v) is 4.43. The molecular formula is C13H22ClN3O4S2. The molecule has 0 aromatic heterocycles. The molecule has 0 atom stereocenters. The summed E-state index contributed by atoms with van der Waals surface area (Å²) in [4.78, 5) is 11.5. The lowest BCUT2D eigenvalue weighted by molar-refractivity contribution is -0.118. The smallest absolute Gasteiger partial charge is 0.238 e. The van der Waals surface area contributed by atoms with E-state index in [1.807, 2.05) is 7.05 Å². The Kier molecular flexibility index (Phi) is 11.0. The van der Waals surface area contributed by atoms with Gasteiger partial charge in [-0.1, -0.05) is 0 Å². The second kappa shape index (κ2) is 11.5. The number of carbonyl (C=O) groups is 1. The van der Waals surface area contributed by atoms with Crippen LogP contribution in [-0.4, -0.2) is 52.6 Å². The average molecular weight is 384 g/mol. The molecule has 0 fully saturated rings. The van der Waals surface area contributed by atoms with Gasteiger partial charge in [-0.25, -0.2) is 13.6 Å². The molecule has 0 aliphatic rings. The highest BCUT2D eigenvalue weighted by molar-refractivity contribution is 7.99. The maximum Gasteiger partial charge on any atom is 0.238 e. The van der Waals surface area contributed by atoms with Crippen LogP contribution in [0.5, 0.6) is 5.75 Å². The number of benzene rings is 1. The quantitative estimate of drug-likeness (QED) is 0.498. The Balaban J connectivity index is 0.00000484. The first-order chi connectivity index (χ1) is 10.4. The summed E-state index contributed by atoms with van der Waals surface area (Å²) in [6.07, 6.45) is 0. The van der Waals surface area contributed by atoms with Crippen molar-refractivity contribution < 1.29 is 17.9 Å². The fourth-order valence-electron chi connectivity index (χ4n) is 1.49. The number of carbonyl (C=O) groups excluding carboxylic acids is 1. The summed E-state index contributed by atoms with van der Waals surface area (Å²) in [6.45, 7) is 1.79. The summed E-state index contributed by atoms with van der Waals surface area (Å²) in [7, 11) is -1.85. The number of halogens is 1. The Bertz CT molecular complexity index is 567. The van der Waals surface area contributed by atoms with Gasteiger partial charge >= 0.3 is 0 Å². The van der Waals surface area contributed by atoms with Gasteiger partial charge in [-0.15, -0.1) is 24.2 Å². The van der Waals surface area contributed by atoms with Gasteiger partial charge in [-0.2, -0.15) is 0 Å². The minimum absolute atomic E-state index is 0. The van der Waals surface area contributed by atoms with Crippen LogP contribution in [0.1, 0.15) is 0 Å². The van der Waals surface area contributed by atoms with Gasteiger partial charge in [0.05, 0.1) is 17.3 Å². The molecule has 0 unspecified atom stereocenters. The molecule has 10 heteroatoms. The lowest BCUT2D eigenvalue weighted by Gasteiger charge is -2.07. The molecule has 7 nitrogen and oxygen atoms in total. The zero-order valence-electron chi connectivity index (χ0n) is 12.8. The largest absolute Gasteiger partial charge is 0.493 e. The molecule has 0 aliphatic heterocycles. The van der Waals surface area contributed by atoms with Gasteiger partial charge in [0.2, 0.25) is 15.9 Å². The van der Waals surface area contributed by atoms with Crippen LogP contribution in [0.15, 0.2) is 29.2 Å². The van der Waals surface area contributed by atoms with Crippen molar-refractivity contribution >= 4 is 40.1 Å². The monoisotopic (exact) mass is 383 g/mol. The second-order valence-corrected chi connectivity index (χ2v) is 7.04. The topological polar surface area (TPSA) is 111 Å². The summed E-state index contributed by atoms with van der Waals surface area (Å²) in [5, 5.41) is 10.7. The molecule has 0 saturated heterocycles. The van der Waals surface area contributed by atoms with E-state index >= 15 is 0 Å². The summed E-state index contributed by atoms with van der Waals surface area (Å²) >= 11 is 1.47. The molecule has 0 heterocycles. The van der Waals surface area contributed by atoms with E-state index in [1.54, 1.807) is 12.1 Å². The second-order valence-electron chi connectivity index (χ2n) is 4.37. The molecule has 0 spiro atoms. The number of hydrogen-bond acceptors (Lipinski definition) is 6. The van der Waals surface area contributed by atoms with Gasteiger partial charge in [0.25, 0.3) is 0 Å². The van der Waals surface area contributed by atoms with Crippen LogP contribution < -0.4 is 20.5 Å². The molecule has 1 aromatic rings. The molecule has 0 saturated carbocycles. The summed E-state index contributed by atoms with van der Waals surface area (Å²) in [5.74, 6) is 1.61. The first-order valence-corrected chi connectivity index (χ1v) is 9.38. The van der Waals surface area contributed by atoms with Crippen LogP contribution in [-0.2, 0) is 14.8 Å². The number of primary sulfonamides is 1. The van der Waals surface area contributed by atoms with Crippen molar-refractivity contribution in [1.82, 2.24) is 10.6 Å². The van der Waals surface area contributed by atoms with Crippen LogP contribution in [0, 0.1) is 0 Å². The first-order valence-electron chi connectivity index (χ1n) is 6.68. The Labute approximate surface area is 147 Å². The number of sulfonamides is 1. The van der Waals surface area contributed by atoms with Crippen LogP contribution in [0.4, 0.5) is 0 Å². The summed E-state index contributed by atoms with van der Waals surface area (Å²) in [5.41, 5.74) is 0. The van der Waals surface area contributed by atoms with Gasteiger partial charge in [-0.05, 0) is 31.3 Å². The van der Waals surface area contributed by atoms with Crippen LogP contribution in [0.25, 0.3) is 0 Å². The van der Waals surface area contributed by atoms with E-state index < -0.39 is 10.0 Å². The van der Waals surface area contributed by atoms with Crippen molar-refractivity contribution in [2.75, 3.05) is 38.2 Å². The lowest BCUT2D eigenvalue weighted by atomic mass is 10.3. The highest BCUT2D eigenvalue weighted by atomic mass is 35.5. The minimum Gasteiger partial charge on any atom is -0.493 e. The Morgan fingerprint density at radius 1 is 1.26 bits per heavy atom. The van der Waals surface area contributed by atoms with Gasteiger partial charge in [0, 0.05) is 18.8 Å². The average Bonchev–Trinajstić information content (AvgIpc) is 2.47. The maximum absolute atomic E-state index is 11.4. The molecule has 1 amide bonds. The summed E-state index contributed by atoms with van der Waals surface area (Å²) in [6, 6.07) is 5.89. The number of amides is 1. The zero-order chi connectivity index (χ0) is 16.4. The number of nitrogens with two attached hydrogens (primary N) is 1. The van der Waals surface area contributed by atoms with Crippen molar-refractivity contribution in [3.8, 4) is 5.75 Å². The molecule has 1 aromatic carbocycles. The molecule has 4 N–H and O–H groups in total. The van der Waals surface area contributed by atoms with E-state index in [1.165, 1.54) is 23.9 Å². The van der Waals surface area contributed by atoms with Crippen LogP contribution >= 0.6 is 24.2 Å². The number of thioether (sulfide) groups is 1. The van der Waals surface area contributed by atoms with Crippen molar-refractivity contribution in [2.24, 2.45) is 5.14 Å². The highest BCUT2D eigenvalue weighted by Crippen LogP contribution is 2.15. The molecule has 132 valence electrons. The SMILES string of the molecule is CNCCNC(=O)CSCCOc1ccc(S(N)(=O)=O)cc1.Cl. The molecular weight excluding hydrogens is 362 g/mol. The maximum atomic E-state index is 11.4. The number of likely N-dealkylation sites (N-methyl/N-ethyl adjacent to an activating group) is 1. The van der Waals surface area contributed by atoms with Gasteiger partial charge in [-0.3, -0.25) is 4.79 Å². The molecule has 23 heavy (non-hydrogen) atoms. The molecule has 0 radical (unpaired) electrons. The van der Waals surface area contributed by atoms with Crippen LogP contribution in [0.3, 0.4) is 0 Å². The Morgan fingerprint density at radius 3 is 2.48 bits per heavy atom. The first kappa shape index (κ1) is 22.0. The van der Waals surface area contributed by atoms with Gasteiger partial charge < -0.3 is 15.4 Å². The zero-order valence-corrected chi connectivity index (χ0v) is 15.2. The number of ether oxygens (including phenoxy) is 1. The van der Waals surface area contributed by atoms with Gasteiger partial charge in [0.15, 0.2) is 0 Å². The van der Waals surface area contributed by atoms with E-state index in [-0.39, 0.29) is 23.2 Å². The van der Waals surface area contributed by atoms with E-state index in [2.05, 4.69) is 10.6 Å². The lowest BCUT2D eigenvalue weighted by Crippen LogP contribution is -2.31. The summed E-state index contributed by atoms with van der Waals surface area (Å²) < 4.78 is 27.6. The van der Waals surface area contributed by atoms with Crippen molar-refractivity contribution in [1.29, 1.82) is 0 Å². The standard InChI is InChI=1S/C13H21N3O4S2.ClH/c1-15-6-7-16-13(17)10-21-9-8-20-11-2-4-12(5-3-11)22(14,18)19;/h2-5,15H,6-10H2,1H3,(H,16,17)(H2,14,18,19);1H. The van der Waals surface area contributed by atoms with E-state index in [4.69, 9.17) is 9.88 Å². The molecule has 1 rings (SSSR count). The van der Waals surface area contributed by atoms with E-state index in [0.29, 0.717) is 30.4 Å². The number of nitrogens with one attached hydrogen (secondary N) is 2. The Morgan fingerprint density at radius 2 is 1.91 bits per heavy atom.